The second kappa shape index (κ2) is 9.36. The maximum atomic E-state index is 14.8. The molecule has 2 aliphatic heterocycles. The first-order chi connectivity index (χ1) is 11.2. The van der Waals surface area contributed by atoms with Gasteiger partial charge in [0.05, 0.1) is 18.3 Å². The number of nitrogens with zero attached hydrogens (tertiary/aromatic N) is 1. The first-order valence-electron chi connectivity index (χ1n) is 9.03. The molecule has 2 heterocycles. The normalized spacial score (nSPS) is 35.1. The van der Waals surface area contributed by atoms with Crippen LogP contribution in [-0.4, -0.2) is 37.1 Å². The lowest BCUT2D eigenvalue weighted by molar-refractivity contribution is 0.00138. The van der Waals surface area contributed by atoms with Crippen molar-refractivity contribution < 1.29 is 9.13 Å². The third-order valence-electron chi connectivity index (χ3n) is 4.93. The van der Waals surface area contributed by atoms with E-state index in [-0.39, 0.29) is 24.2 Å². The molecular formula is C18H30FN3O. The van der Waals surface area contributed by atoms with Gasteiger partial charge in [-0.15, -0.1) is 0 Å². The van der Waals surface area contributed by atoms with Gasteiger partial charge in [-0.1, -0.05) is 38.8 Å². The molecule has 0 amide bonds. The van der Waals surface area contributed by atoms with Gasteiger partial charge in [-0.05, 0) is 25.7 Å². The average Bonchev–Trinajstić information content (AvgIpc) is 3.00. The number of fused-ring (bicyclic) bond motifs is 1. The Balaban J connectivity index is 1.82. The second-order valence-electron chi connectivity index (χ2n) is 6.64. The summed E-state index contributed by atoms with van der Waals surface area (Å²) in [5, 5.41) is 15.6. The van der Waals surface area contributed by atoms with E-state index >= 15 is 0 Å². The van der Waals surface area contributed by atoms with E-state index in [9.17, 15) is 4.39 Å². The first-order valence-corrected chi connectivity index (χ1v) is 9.03. The summed E-state index contributed by atoms with van der Waals surface area (Å²) < 4.78 is 20.3. The Morgan fingerprint density at radius 2 is 2.26 bits per heavy atom. The minimum Gasteiger partial charge on any atom is -0.358 e. The van der Waals surface area contributed by atoms with Gasteiger partial charge in [0.2, 0.25) is 0 Å². The molecule has 2 saturated heterocycles. The molecule has 0 radical (unpaired) electrons. The first kappa shape index (κ1) is 18.4. The van der Waals surface area contributed by atoms with Crippen molar-refractivity contribution in [1.29, 1.82) is 5.26 Å². The fourth-order valence-corrected chi connectivity index (χ4v) is 3.44. The predicted octanol–water partition coefficient (Wildman–Crippen LogP) is 3.06. The van der Waals surface area contributed by atoms with E-state index in [1.165, 1.54) is 12.8 Å². The van der Waals surface area contributed by atoms with Crippen LogP contribution in [0.4, 0.5) is 4.39 Å². The molecule has 6 unspecified atom stereocenters. The van der Waals surface area contributed by atoms with E-state index in [1.807, 2.05) is 0 Å². The Hall–Kier alpha value is -0.960. The topological polar surface area (TPSA) is 57.1 Å². The molecule has 2 aliphatic rings. The fraction of sp³-hybridized carbons (Fsp3) is 0.833. The average molecular weight is 323 g/mol. The molecule has 2 rings (SSSR count). The van der Waals surface area contributed by atoms with E-state index in [2.05, 4.69) is 42.7 Å². The van der Waals surface area contributed by atoms with E-state index < -0.39 is 12.3 Å². The number of halogens is 1. The highest BCUT2D eigenvalue weighted by Gasteiger charge is 2.46. The molecule has 0 aliphatic carbocycles. The number of ether oxygens (including phenoxy) is 1. The molecule has 5 heteroatoms. The number of hydrogen-bond donors (Lipinski definition) is 2. The summed E-state index contributed by atoms with van der Waals surface area (Å²) in [5.74, 6) is -0.170. The molecule has 2 fully saturated rings. The molecule has 0 spiro atoms. The van der Waals surface area contributed by atoms with Crippen LogP contribution in [0.2, 0.25) is 0 Å². The molecule has 0 aromatic carbocycles. The summed E-state index contributed by atoms with van der Waals surface area (Å²) in [6.07, 6.45) is 8.43. The summed E-state index contributed by atoms with van der Waals surface area (Å²) in [4.78, 5) is 0. The summed E-state index contributed by atoms with van der Waals surface area (Å²) >= 11 is 0. The minimum atomic E-state index is -1.01. The molecule has 0 saturated carbocycles. The Bertz CT molecular complexity index is 423. The van der Waals surface area contributed by atoms with Crippen LogP contribution < -0.4 is 10.6 Å². The maximum absolute atomic E-state index is 14.8. The van der Waals surface area contributed by atoms with Gasteiger partial charge in [-0.25, -0.2) is 4.39 Å². The highest BCUT2D eigenvalue weighted by Crippen LogP contribution is 2.34. The van der Waals surface area contributed by atoms with Gasteiger partial charge in [0.15, 0.2) is 0 Å². The summed E-state index contributed by atoms with van der Waals surface area (Å²) in [6.45, 7) is 4.93. The monoisotopic (exact) mass is 323 g/mol. The van der Waals surface area contributed by atoms with Crippen LogP contribution in [0, 0.1) is 17.2 Å². The van der Waals surface area contributed by atoms with E-state index in [0.717, 1.165) is 19.3 Å². The Labute approximate surface area is 139 Å². The molecule has 4 nitrogen and oxygen atoms in total. The van der Waals surface area contributed by atoms with Crippen LogP contribution >= 0.6 is 0 Å². The van der Waals surface area contributed by atoms with E-state index in [4.69, 9.17) is 10.00 Å². The van der Waals surface area contributed by atoms with Crippen molar-refractivity contribution in [3.63, 3.8) is 0 Å². The van der Waals surface area contributed by atoms with E-state index in [1.54, 1.807) is 0 Å². The highest BCUT2D eigenvalue weighted by molar-refractivity contribution is 5.02. The number of unbranched alkanes of at least 4 members (excludes halogenated alkanes) is 2. The standard InChI is InChI=1S/C18H30FN3O/c1-3-5-6-7-8-9-13(4-2)22-18-17(19)15-10-14(11-20)23-16(15)12-21-18/h7-8,13-18,21-22H,3-6,9-10,12H2,1-2H3/b8-7-. The molecule has 130 valence electrons. The fourth-order valence-electron chi connectivity index (χ4n) is 3.44. The quantitative estimate of drug-likeness (QED) is 0.532. The number of piperidine rings is 1. The van der Waals surface area contributed by atoms with Gasteiger partial charge < -0.3 is 4.74 Å². The van der Waals surface area contributed by atoms with E-state index in [0.29, 0.717) is 13.0 Å². The maximum Gasteiger partial charge on any atom is 0.144 e. The lowest BCUT2D eigenvalue weighted by Gasteiger charge is -2.37. The predicted molar refractivity (Wildman–Crippen MR) is 89.6 cm³/mol. The Morgan fingerprint density at radius 1 is 1.43 bits per heavy atom. The van der Waals surface area contributed by atoms with Crippen LogP contribution in [0.15, 0.2) is 12.2 Å². The van der Waals surface area contributed by atoms with Crippen molar-refractivity contribution in [2.75, 3.05) is 6.54 Å². The van der Waals surface area contributed by atoms with Gasteiger partial charge >= 0.3 is 0 Å². The summed E-state index contributed by atoms with van der Waals surface area (Å²) in [6, 6.07) is 2.38. The van der Waals surface area contributed by atoms with Crippen molar-refractivity contribution in [3.05, 3.63) is 12.2 Å². The van der Waals surface area contributed by atoms with Crippen LogP contribution in [-0.2, 0) is 4.74 Å². The molecule has 2 N–H and O–H groups in total. The van der Waals surface area contributed by atoms with Crippen LogP contribution in [0.25, 0.3) is 0 Å². The second-order valence-corrected chi connectivity index (χ2v) is 6.64. The van der Waals surface area contributed by atoms with Gasteiger partial charge in [-0.2, -0.15) is 5.26 Å². The molecule has 0 aromatic heterocycles. The summed E-state index contributed by atoms with van der Waals surface area (Å²) in [7, 11) is 0. The lowest BCUT2D eigenvalue weighted by Crippen LogP contribution is -2.61. The number of alkyl halides is 1. The number of hydrogen-bond acceptors (Lipinski definition) is 4. The Morgan fingerprint density at radius 3 is 2.96 bits per heavy atom. The number of rotatable bonds is 8. The van der Waals surface area contributed by atoms with Gasteiger partial charge in [0, 0.05) is 18.5 Å². The van der Waals surface area contributed by atoms with Crippen molar-refractivity contribution in [2.45, 2.75) is 83.0 Å². The molecule has 0 bridgehead atoms. The van der Waals surface area contributed by atoms with Crippen molar-refractivity contribution in [1.82, 2.24) is 10.6 Å². The van der Waals surface area contributed by atoms with Gasteiger partial charge in [0.1, 0.15) is 12.3 Å². The lowest BCUT2D eigenvalue weighted by atomic mass is 9.89. The third kappa shape index (κ3) is 5.00. The van der Waals surface area contributed by atoms with Crippen LogP contribution in [0.3, 0.4) is 0 Å². The van der Waals surface area contributed by atoms with Gasteiger partial charge in [-0.3, -0.25) is 10.6 Å². The molecular weight excluding hydrogens is 293 g/mol. The number of allylic oxidation sites excluding steroid dienone is 1. The minimum absolute atomic E-state index is 0.165. The van der Waals surface area contributed by atoms with Crippen LogP contribution in [0.1, 0.15) is 52.4 Å². The molecule has 6 atom stereocenters. The zero-order valence-corrected chi connectivity index (χ0v) is 14.3. The molecule has 0 aromatic rings. The zero-order chi connectivity index (χ0) is 16.7. The molecule has 23 heavy (non-hydrogen) atoms. The van der Waals surface area contributed by atoms with Crippen molar-refractivity contribution in [3.8, 4) is 6.07 Å². The zero-order valence-electron chi connectivity index (χ0n) is 14.3. The summed E-state index contributed by atoms with van der Waals surface area (Å²) in [5.41, 5.74) is 0. The number of nitriles is 1. The smallest absolute Gasteiger partial charge is 0.144 e. The number of nitrogens with one attached hydrogen (secondary N) is 2. The van der Waals surface area contributed by atoms with Gasteiger partial charge in [0.25, 0.3) is 0 Å². The van der Waals surface area contributed by atoms with Crippen LogP contribution in [0.5, 0.6) is 0 Å². The van der Waals surface area contributed by atoms with Crippen molar-refractivity contribution >= 4 is 0 Å². The van der Waals surface area contributed by atoms with Crippen molar-refractivity contribution in [2.24, 2.45) is 5.92 Å². The highest BCUT2D eigenvalue weighted by atomic mass is 19.1. The Kier molecular flexibility index (Phi) is 7.48. The third-order valence-corrected chi connectivity index (χ3v) is 4.93. The SMILES string of the molecule is CCCC/C=C\CC(CC)NC1NCC2OC(C#N)CC2C1F. The largest absolute Gasteiger partial charge is 0.358 e.